The molecule has 0 spiro atoms. The van der Waals surface area contributed by atoms with E-state index in [9.17, 15) is 32.7 Å². The van der Waals surface area contributed by atoms with Crippen LogP contribution in [0.1, 0.15) is 112 Å². The van der Waals surface area contributed by atoms with Crippen molar-refractivity contribution in [2.45, 2.75) is 153 Å². The van der Waals surface area contributed by atoms with Crippen LogP contribution in [-0.4, -0.2) is 95.5 Å². The fourth-order valence-electron chi connectivity index (χ4n) is 8.48. The molecule has 3 aliphatic carbocycles. The van der Waals surface area contributed by atoms with Gasteiger partial charge in [0, 0.05) is 12.6 Å². The maximum atomic E-state index is 14.4. The highest BCUT2D eigenvalue weighted by molar-refractivity contribution is 7.93. The van der Waals surface area contributed by atoms with Gasteiger partial charge in [-0.2, -0.15) is 0 Å². The molecule has 47 heavy (non-hydrogen) atoms. The molecule has 2 aliphatic heterocycles. The monoisotopic (exact) mass is 679 g/mol. The number of rotatable bonds is 12. The number of urea groups is 1. The molecular formula is C34H57N5O7S. The molecule has 1 unspecified atom stereocenters. The predicted molar refractivity (Wildman–Crippen MR) is 178 cm³/mol. The summed E-state index contributed by atoms with van der Waals surface area (Å²) >= 11 is 0. The van der Waals surface area contributed by atoms with E-state index in [1.165, 1.54) is 0 Å². The highest BCUT2D eigenvalue weighted by Gasteiger charge is 2.70. The number of sulfone groups is 1. The number of carbonyl (C=O) groups excluding carboxylic acids is 4. The number of nitrogens with one attached hydrogen (secondary N) is 4. The Morgan fingerprint density at radius 2 is 1.66 bits per heavy atom. The van der Waals surface area contributed by atoms with Crippen molar-refractivity contribution in [2.75, 3.05) is 12.3 Å². The van der Waals surface area contributed by atoms with Crippen molar-refractivity contribution in [1.29, 1.82) is 0 Å². The number of nitrogens with zero attached hydrogens (tertiary/aromatic N) is 1. The van der Waals surface area contributed by atoms with Crippen LogP contribution in [0.2, 0.25) is 0 Å². The van der Waals surface area contributed by atoms with Crippen molar-refractivity contribution in [3.05, 3.63) is 0 Å². The molecule has 13 heteroatoms. The third-order valence-corrected chi connectivity index (χ3v) is 14.1. The molecule has 5 fully saturated rings. The molecule has 5 amide bonds. The summed E-state index contributed by atoms with van der Waals surface area (Å²) in [6.07, 6.45) is 6.62. The number of hydrogen-bond acceptors (Lipinski definition) is 7. The van der Waals surface area contributed by atoms with Gasteiger partial charge in [-0.05, 0) is 61.2 Å². The van der Waals surface area contributed by atoms with Crippen LogP contribution in [0.15, 0.2) is 0 Å². The number of aliphatic hydroxyl groups is 1. The summed E-state index contributed by atoms with van der Waals surface area (Å²) in [5.41, 5.74) is -1.74. The molecule has 5 N–H and O–H groups in total. The number of amides is 5. The molecule has 2 heterocycles. The second kappa shape index (κ2) is 13.1. The zero-order valence-corrected chi connectivity index (χ0v) is 29.9. The number of fused-ring (bicyclic) bond motifs is 1. The first kappa shape index (κ1) is 35.9. The normalized spacial score (nSPS) is 30.5. The van der Waals surface area contributed by atoms with E-state index in [0.29, 0.717) is 38.6 Å². The zero-order valence-electron chi connectivity index (χ0n) is 29.1. The highest BCUT2D eigenvalue weighted by atomic mass is 32.2. The van der Waals surface area contributed by atoms with Crippen LogP contribution >= 0.6 is 0 Å². The fraction of sp³-hybridized carbons (Fsp3) is 0.882. The summed E-state index contributed by atoms with van der Waals surface area (Å²) in [5, 5.41) is 22.1. The molecule has 7 atom stereocenters. The predicted octanol–water partition coefficient (Wildman–Crippen LogP) is 2.39. The molecular weight excluding hydrogens is 622 g/mol. The van der Waals surface area contributed by atoms with E-state index in [1.807, 2.05) is 27.7 Å². The van der Waals surface area contributed by atoms with E-state index in [-0.39, 0.29) is 35.0 Å². The van der Waals surface area contributed by atoms with Gasteiger partial charge in [0.1, 0.15) is 12.1 Å². The van der Waals surface area contributed by atoms with Crippen LogP contribution in [0.3, 0.4) is 0 Å². The Balaban J connectivity index is 1.33. The third-order valence-electron chi connectivity index (χ3n) is 11.7. The van der Waals surface area contributed by atoms with Crippen molar-refractivity contribution in [2.24, 2.45) is 22.7 Å². The molecule has 266 valence electrons. The van der Waals surface area contributed by atoms with Gasteiger partial charge in [0.15, 0.2) is 15.9 Å². The summed E-state index contributed by atoms with van der Waals surface area (Å²) in [7, 11) is -3.28. The number of aliphatic hydroxyl groups excluding tert-OH is 1. The number of likely N-dealkylation sites (tertiary alicyclic amines) is 1. The van der Waals surface area contributed by atoms with Crippen LogP contribution in [0.5, 0.6) is 0 Å². The number of hydrogen-bond donors (Lipinski definition) is 5. The molecule has 12 nitrogen and oxygen atoms in total. The van der Waals surface area contributed by atoms with Crippen molar-refractivity contribution >= 4 is 33.6 Å². The second-order valence-electron chi connectivity index (χ2n) is 16.6. The number of unbranched alkanes of at least 4 members (excludes halogenated alkanes) is 1. The molecule has 0 aromatic heterocycles. The second-order valence-corrected chi connectivity index (χ2v) is 18.9. The summed E-state index contributed by atoms with van der Waals surface area (Å²) in [6.45, 7) is 12.1. The van der Waals surface area contributed by atoms with Crippen molar-refractivity contribution < 1.29 is 32.7 Å². The van der Waals surface area contributed by atoms with E-state index in [1.54, 1.807) is 4.90 Å². The van der Waals surface area contributed by atoms with Gasteiger partial charge in [-0.25, -0.2) is 13.2 Å². The average Bonchev–Trinajstić information content (AvgIpc) is 3.83. The molecule has 0 aromatic carbocycles. The Morgan fingerprint density at radius 3 is 2.19 bits per heavy atom. The minimum absolute atomic E-state index is 0.0702. The highest BCUT2D eigenvalue weighted by Crippen LogP contribution is 2.65. The maximum Gasteiger partial charge on any atom is 0.315 e. The average molecular weight is 680 g/mol. The lowest BCUT2D eigenvalue weighted by atomic mass is 9.78. The minimum atomic E-state index is -3.28. The lowest BCUT2D eigenvalue weighted by Gasteiger charge is -2.47. The molecule has 5 rings (SSSR count). The van der Waals surface area contributed by atoms with E-state index in [4.69, 9.17) is 0 Å². The number of carbonyl (C=O) groups is 4. The van der Waals surface area contributed by atoms with Gasteiger partial charge in [-0.15, -0.1) is 0 Å². The zero-order chi connectivity index (χ0) is 34.5. The van der Waals surface area contributed by atoms with Crippen LogP contribution in [-0.2, 0) is 24.2 Å². The Kier molecular flexibility index (Phi) is 10.0. The van der Waals surface area contributed by atoms with Gasteiger partial charge >= 0.3 is 6.03 Å². The molecule has 0 bridgehead atoms. The van der Waals surface area contributed by atoms with Crippen LogP contribution in [0.4, 0.5) is 4.79 Å². The number of piperidine rings is 1. The van der Waals surface area contributed by atoms with Gasteiger partial charge in [-0.3, -0.25) is 14.4 Å². The van der Waals surface area contributed by atoms with Gasteiger partial charge in [0.2, 0.25) is 11.8 Å². The van der Waals surface area contributed by atoms with Crippen LogP contribution < -0.4 is 21.3 Å². The molecule has 2 saturated heterocycles. The maximum absolute atomic E-state index is 14.4. The van der Waals surface area contributed by atoms with E-state index >= 15 is 0 Å². The first-order chi connectivity index (χ1) is 21.9. The van der Waals surface area contributed by atoms with Crippen LogP contribution in [0.25, 0.3) is 0 Å². The topological polar surface area (TPSA) is 174 Å². The largest absolute Gasteiger partial charge is 0.381 e. The quantitative estimate of drug-likeness (QED) is 0.211. The van der Waals surface area contributed by atoms with E-state index in [0.717, 1.165) is 38.5 Å². The molecule has 5 aliphatic rings. The van der Waals surface area contributed by atoms with Gasteiger partial charge < -0.3 is 31.3 Å². The lowest BCUT2D eigenvalue weighted by molar-refractivity contribution is -0.144. The summed E-state index contributed by atoms with van der Waals surface area (Å²) < 4.78 is 25.4. The summed E-state index contributed by atoms with van der Waals surface area (Å²) in [5.74, 6) is -1.13. The Morgan fingerprint density at radius 1 is 1.00 bits per heavy atom. The smallest absolute Gasteiger partial charge is 0.315 e. The molecule has 0 aromatic rings. The van der Waals surface area contributed by atoms with E-state index in [2.05, 4.69) is 35.1 Å². The first-order valence-electron chi connectivity index (χ1n) is 17.8. The van der Waals surface area contributed by atoms with Crippen LogP contribution in [0, 0.1) is 22.7 Å². The first-order valence-corrected chi connectivity index (χ1v) is 19.5. The van der Waals surface area contributed by atoms with Gasteiger partial charge in [-0.1, -0.05) is 73.6 Å². The van der Waals surface area contributed by atoms with Gasteiger partial charge in [0.25, 0.3) is 5.91 Å². The van der Waals surface area contributed by atoms with Crippen molar-refractivity contribution in [3.63, 3.8) is 0 Å². The Labute approximate surface area is 280 Å². The van der Waals surface area contributed by atoms with Crippen molar-refractivity contribution in [1.82, 2.24) is 26.2 Å². The van der Waals surface area contributed by atoms with E-state index < -0.39 is 68.1 Å². The molecule has 0 radical (unpaired) electrons. The summed E-state index contributed by atoms with van der Waals surface area (Å²) in [4.78, 5) is 56.5. The molecule has 3 saturated carbocycles. The Hall–Kier alpha value is -2.41. The minimum Gasteiger partial charge on any atom is -0.381 e. The van der Waals surface area contributed by atoms with Gasteiger partial charge in [0.05, 0.1) is 22.6 Å². The Bertz CT molecular complexity index is 1330. The van der Waals surface area contributed by atoms with Crippen molar-refractivity contribution in [3.8, 4) is 0 Å². The third kappa shape index (κ3) is 7.31. The standard InChI is InChI=1S/C34H57N5O7S/c1-7-8-12-22(26(40)29(42)35-20-13-14-20)36-28(41)25-24-21(33(24,5)6)19-39(25)30(43)27(32(2,3)4)37-31(44)38-34(16-10-9-11-17-34)23-15-18-47(23,45)46/h20-27,40H,7-19H2,1-6H3,(H,35,42)(H,36,41)(H2,37,38,44)/t21-,22-,23-,24-,25-,26?,27+/m0/s1. The fourth-order valence-corrected chi connectivity index (χ4v) is 10.3. The summed E-state index contributed by atoms with van der Waals surface area (Å²) in [6, 6.07) is -3.10. The lowest BCUT2D eigenvalue weighted by Crippen LogP contribution is -2.67. The SMILES string of the molecule is CCCC[C@H](NC(=O)[C@@H]1[C@@H]2[C@H](CN1C(=O)[C@@H](NC(=O)NC1([C@@H]3CCS3(=O)=O)CCCCC1)C(C)(C)C)C2(C)C)C(O)C(=O)NC1CC1.